The Hall–Kier alpha value is -2.14. The lowest BCUT2D eigenvalue weighted by molar-refractivity contribution is 0.00203. The van der Waals surface area contributed by atoms with Crippen molar-refractivity contribution in [3.8, 4) is 0 Å². The van der Waals surface area contributed by atoms with Crippen LogP contribution in [0.25, 0.3) is 21.9 Å². The smallest absolute Gasteiger partial charge is 0.152 e. The molecule has 1 aliphatic rings. The van der Waals surface area contributed by atoms with Crippen LogP contribution in [0.15, 0.2) is 30.6 Å². The Morgan fingerprint density at radius 3 is 2.77 bits per heavy atom. The Labute approximate surface area is 128 Å². The summed E-state index contributed by atoms with van der Waals surface area (Å²) in [5, 5.41) is 12.0. The molecule has 0 spiro atoms. The van der Waals surface area contributed by atoms with E-state index in [-0.39, 0.29) is 6.04 Å². The van der Waals surface area contributed by atoms with E-state index in [9.17, 15) is 5.11 Å². The monoisotopic (exact) mass is 296 g/mol. The van der Waals surface area contributed by atoms with Gasteiger partial charge in [0.2, 0.25) is 0 Å². The van der Waals surface area contributed by atoms with Crippen molar-refractivity contribution in [2.45, 2.75) is 44.2 Å². The standard InChI is InChI=1S/C17H20N4O/c1-11(17(22)8-4-5-9-17)21-10-19-14-15(21)12-6-2-3-7-13(12)20-16(14)18/h2-3,6-7,10-11,22H,4-5,8-9H2,1H3,(H2,18,20)/t11-/m1/s1. The minimum absolute atomic E-state index is 0.0368. The Balaban J connectivity index is 1.99. The molecule has 1 fully saturated rings. The van der Waals surface area contributed by atoms with Crippen LogP contribution in [0.2, 0.25) is 0 Å². The van der Waals surface area contributed by atoms with Crippen LogP contribution in [0.5, 0.6) is 0 Å². The van der Waals surface area contributed by atoms with E-state index < -0.39 is 5.60 Å². The third-order valence-electron chi connectivity index (χ3n) is 5.10. The molecule has 5 nitrogen and oxygen atoms in total. The van der Waals surface area contributed by atoms with E-state index in [0.717, 1.165) is 42.1 Å². The first-order chi connectivity index (χ1) is 10.6. The number of aromatic nitrogens is 3. The lowest BCUT2D eigenvalue weighted by Gasteiger charge is -2.31. The van der Waals surface area contributed by atoms with Crippen LogP contribution >= 0.6 is 0 Å². The molecule has 0 aliphatic heterocycles. The summed E-state index contributed by atoms with van der Waals surface area (Å²) in [6.45, 7) is 2.07. The second-order valence-electron chi connectivity index (χ2n) is 6.35. The van der Waals surface area contributed by atoms with E-state index in [1.54, 1.807) is 6.33 Å². The molecule has 1 aliphatic carbocycles. The number of nitrogens with two attached hydrogens (primary N) is 1. The summed E-state index contributed by atoms with van der Waals surface area (Å²) in [6, 6.07) is 7.90. The summed E-state index contributed by atoms with van der Waals surface area (Å²) in [6.07, 6.45) is 5.63. The van der Waals surface area contributed by atoms with Crippen molar-refractivity contribution in [2.75, 3.05) is 5.73 Å². The first-order valence-corrected chi connectivity index (χ1v) is 7.83. The maximum Gasteiger partial charge on any atom is 0.152 e. The number of pyridine rings is 1. The highest BCUT2D eigenvalue weighted by atomic mass is 16.3. The topological polar surface area (TPSA) is 77.0 Å². The second kappa shape index (κ2) is 4.68. The van der Waals surface area contributed by atoms with Gasteiger partial charge >= 0.3 is 0 Å². The van der Waals surface area contributed by atoms with Gasteiger partial charge in [-0.3, -0.25) is 0 Å². The number of benzene rings is 1. The van der Waals surface area contributed by atoms with Gasteiger partial charge < -0.3 is 15.4 Å². The predicted octanol–water partition coefficient (Wildman–Crippen LogP) is 3.03. The summed E-state index contributed by atoms with van der Waals surface area (Å²) in [5.41, 5.74) is 7.96. The van der Waals surface area contributed by atoms with E-state index in [0.29, 0.717) is 11.3 Å². The van der Waals surface area contributed by atoms with Gasteiger partial charge in [-0.15, -0.1) is 0 Å². The Morgan fingerprint density at radius 1 is 1.27 bits per heavy atom. The highest BCUT2D eigenvalue weighted by Crippen LogP contribution is 2.40. The lowest BCUT2D eigenvalue weighted by atomic mass is 9.93. The molecule has 2 aromatic heterocycles. The molecular weight excluding hydrogens is 276 g/mol. The van der Waals surface area contributed by atoms with E-state index in [1.165, 1.54) is 0 Å². The lowest BCUT2D eigenvalue weighted by Crippen LogP contribution is -2.34. The summed E-state index contributed by atoms with van der Waals surface area (Å²) in [4.78, 5) is 8.89. The second-order valence-corrected chi connectivity index (χ2v) is 6.35. The van der Waals surface area contributed by atoms with Gasteiger partial charge in [-0.05, 0) is 25.8 Å². The maximum absolute atomic E-state index is 10.9. The summed E-state index contributed by atoms with van der Waals surface area (Å²) in [7, 11) is 0. The zero-order valence-corrected chi connectivity index (χ0v) is 12.7. The van der Waals surface area contributed by atoms with Crippen molar-refractivity contribution in [3.05, 3.63) is 30.6 Å². The Bertz CT molecular complexity index is 848. The number of hydrogen-bond acceptors (Lipinski definition) is 4. The van der Waals surface area contributed by atoms with Crippen LogP contribution in [-0.4, -0.2) is 25.2 Å². The maximum atomic E-state index is 10.9. The van der Waals surface area contributed by atoms with Gasteiger partial charge in [-0.1, -0.05) is 31.0 Å². The van der Waals surface area contributed by atoms with E-state index in [2.05, 4.69) is 21.5 Å². The van der Waals surface area contributed by atoms with Gasteiger partial charge in [0.05, 0.1) is 29.0 Å². The highest BCUT2D eigenvalue weighted by Gasteiger charge is 2.38. The number of nitrogens with zero attached hydrogens (tertiary/aromatic N) is 3. The number of hydrogen-bond donors (Lipinski definition) is 2. The quantitative estimate of drug-likeness (QED) is 0.762. The average Bonchev–Trinajstić information content (AvgIpc) is 3.14. The van der Waals surface area contributed by atoms with Crippen molar-refractivity contribution < 1.29 is 5.11 Å². The van der Waals surface area contributed by atoms with E-state index >= 15 is 0 Å². The minimum Gasteiger partial charge on any atom is -0.388 e. The predicted molar refractivity (Wildman–Crippen MR) is 87.6 cm³/mol. The molecule has 0 unspecified atom stereocenters. The van der Waals surface area contributed by atoms with Crippen molar-refractivity contribution in [3.63, 3.8) is 0 Å². The molecule has 0 amide bonds. The third kappa shape index (κ3) is 1.82. The van der Waals surface area contributed by atoms with Gasteiger partial charge in [0.15, 0.2) is 5.82 Å². The van der Waals surface area contributed by atoms with Gasteiger partial charge in [0.25, 0.3) is 0 Å². The van der Waals surface area contributed by atoms with Gasteiger partial charge in [0, 0.05) is 5.39 Å². The van der Waals surface area contributed by atoms with Crippen LogP contribution in [0.1, 0.15) is 38.6 Å². The molecule has 0 radical (unpaired) electrons. The first-order valence-electron chi connectivity index (χ1n) is 7.83. The van der Waals surface area contributed by atoms with Crippen LogP contribution in [0.3, 0.4) is 0 Å². The molecule has 0 saturated heterocycles. The Kier molecular flexibility index (Phi) is 2.87. The van der Waals surface area contributed by atoms with Gasteiger partial charge in [0.1, 0.15) is 5.52 Å². The molecule has 22 heavy (non-hydrogen) atoms. The number of anilines is 1. The summed E-state index contributed by atoms with van der Waals surface area (Å²) >= 11 is 0. The zero-order valence-electron chi connectivity index (χ0n) is 12.7. The fraction of sp³-hybridized carbons (Fsp3) is 0.412. The number of imidazole rings is 1. The SMILES string of the molecule is C[C@@H](n1cnc2c(N)nc3ccccc3c21)C1(O)CCCC1. The molecule has 4 rings (SSSR count). The average molecular weight is 296 g/mol. The minimum atomic E-state index is -0.660. The molecule has 0 bridgehead atoms. The van der Waals surface area contributed by atoms with Crippen LogP contribution in [0.4, 0.5) is 5.82 Å². The molecule has 1 saturated carbocycles. The first kappa shape index (κ1) is 13.5. The number of fused-ring (bicyclic) bond motifs is 3. The third-order valence-corrected chi connectivity index (χ3v) is 5.10. The van der Waals surface area contributed by atoms with Crippen LogP contribution in [-0.2, 0) is 0 Å². The number of aliphatic hydroxyl groups is 1. The summed E-state index contributed by atoms with van der Waals surface area (Å²) < 4.78 is 2.07. The fourth-order valence-electron chi connectivity index (χ4n) is 3.73. The molecule has 5 heteroatoms. The van der Waals surface area contributed by atoms with Gasteiger partial charge in [-0.2, -0.15) is 0 Å². The molecular formula is C17H20N4O. The molecule has 3 aromatic rings. The Morgan fingerprint density at radius 2 is 2.00 bits per heavy atom. The summed E-state index contributed by atoms with van der Waals surface area (Å²) in [5.74, 6) is 0.443. The number of nitrogen functional groups attached to an aromatic ring is 1. The molecule has 3 N–H and O–H groups in total. The highest BCUT2D eigenvalue weighted by molar-refractivity contribution is 6.06. The van der Waals surface area contributed by atoms with Crippen molar-refractivity contribution in [1.29, 1.82) is 0 Å². The van der Waals surface area contributed by atoms with Crippen molar-refractivity contribution in [1.82, 2.24) is 14.5 Å². The molecule has 2 heterocycles. The molecule has 1 aromatic carbocycles. The van der Waals surface area contributed by atoms with Crippen LogP contribution in [0, 0.1) is 0 Å². The normalized spacial score (nSPS) is 19.0. The van der Waals surface area contributed by atoms with E-state index in [1.807, 2.05) is 24.3 Å². The van der Waals surface area contributed by atoms with E-state index in [4.69, 9.17) is 5.73 Å². The largest absolute Gasteiger partial charge is 0.388 e. The number of rotatable bonds is 2. The van der Waals surface area contributed by atoms with Gasteiger partial charge in [-0.25, -0.2) is 9.97 Å². The van der Waals surface area contributed by atoms with Crippen LogP contribution < -0.4 is 5.73 Å². The zero-order chi connectivity index (χ0) is 15.3. The fourth-order valence-corrected chi connectivity index (χ4v) is 3.73. The molecule has 114 valence electrons. The van der Waals surface area contributed by atoms with Crippen molar-refractivity contribution >= 4 is 27.8 Å². The van der Waals surface area contributed by atoms with Crippen molar-refractivity contribution in [2.24, 2.45) is 0 Å². The molecule has 1 atom stereocenters. The number of para-hydroxylation sites is 1.